The Kier molecular flexibility index (Phi) is 3.46. The van der Waals surface area contributed by atoms with Gasteiger partial charge in [0, 0.05) is 11.2 Å². The molecule has 0 N–H and O–H groups in total. The second kappa shape index (κ2) is 4.84. The van der Waals surface area contributed by atoms with Gasteiger partial charge in [0.15, 0.2) is 4.47 Å². The van der Waals surface area contributed by atoms with Crippen LogP contribution in [0.5, 0.6) is 5.75 Å². The molecule has 1 aromatic carbocycles. The van der Waals surface area contributed by atoms with E-state index in [0.717, 1.165) is 10.6 Å². The third-order valence-corrected chi connectivity index (χ3v) is 3.03. The van der Waals surface area contributed by atoms with Crippen LogP contribution in [0.1, 0.15) is 4.88 Å². The average Bonchev–Trinajstić information content (AvgIpc) is 2.62. The molecular formula is C10H7Cl2NOS. The average molecular weight is 260 g/mol. The summed E-state index contributed by atoms with van der Waals surface area (Å²) < 4.78 is 6.04. The molecule has 2 aromatic rings. The van der Waals surface area contributed by atoms with E-state index in [1.807, 2.05) is 12.1 Å². The molecule has 0 saturated heterocycles. The summed E-state index contributed by atoms with van der Waals surface area (Å²) in [4.78, 5) is 4.91. The molecule has 15 heavy (non-hydrogen) atoms. The molecule has 5 heteroatoms. The van der Waals surface area contributed by atoms with Crippen LogP contribution in [0.15, 0.2) is 30.5 Å². The maximum Gasteiger partial charge on any atom is 0.183 e. The number of benzene rings is 1. The van der Waals surface area contributed by atoms with Crippen molar-refractivity contribution < 1.29 is 4.74 Å². The van der Waals surface area contributed by atoms with Gasteiger partial charge in [0.05, 0.1) is 4.88 Å². The van der Waals surface area contributed by atoms with Gasteiger partial charge in [-0.3, -0.25) is 0 Å². The zero-order valence-corrected chi connectivity index (χ0v) is 9.94. The van der Waals surface area contributed by atoms with E-state index >= 15 is 0 Å². The highest BCUT2D eigenvalue weighted by Crippen LogP contribution is 2.21. The van der Waals surface area contributed by atoms with Crippen LogP contribution in [0.4, 0.5) is 0 Å². The van der Waals surface area contributed by atoms with E-state index in [2.05, 4.69) is 4.98 Å². The summed E-state index contributed by atoms with van der Waals surface area (Å²) in [7, 11) is 0. The summed E-state index contributed by atoms with van der Waals surface area (Å²) in [6.07, 6.45) is 1.71. The number of thiazole rings is 1. The van der Waals surface area contributed by atoms with Crippen molar-refractivity contribution in [2.45, 2.75) is 6.61 Å². The van der Waals surface area contributed by atoms with Crippen LogP contribution < -0.4 is 4.74 Å². The van der Waals surface area contributed by atoms with E-state index in [1.54, 1.807) is 18.3 Å². The van der Waals surface area contributed by atoms with E-state index in [4.69, 9.17) is 27.9 Å². The maximum absolute atomic E-state index is 5.82. The third-order valence-electron chi connectivity index (χ3n) is 1.70. The molecule has 0 saturated carbocycles. The first-order valence-corrected chi connectivity index (χ1v) is 5.80. The number of rotatable bonds is 3. The molecule has 0 aliphatic rings. The Morgan fingerprint density at radius 3 is 2.87 bits per heavy atom. The molecule has 0 radical (unpaired) electrons. The van der Waals surface area contributed by atoms with E-state index in [0.29, 0.717) is 16.1 Å². The first-order chi connectivity index (χ1) is 7.24. The second-order valence-corrected chi connectivity index (χ2v) is 4.96. The lowest BCUT2D eigenvalue weighted by molar-refractivity contribution is 0.309. The highest BCUT2D eigenvalue weighted by atomic mass is 35.5. The SMILES string of the molecule is Clc1cccc(OCc2cnc(Cl)s2)c1. The Morgan fingerprint density at radius 1 is 1.33 bits per heavy atom. The van der Waals surface area contributed by atoms with Gasteiger partial charge >= 0.3 is 0 Å². The molecule has 0 aliphatic heterocycles. The molecule has 2 nitrogen and oxygen atoms in total. The van der Waals surface area contributed by atoms with Crippen molar-refractivity contribution in [2.75, 3.05) is 0 Å². The minimum atomic E-state index is 0.463. The lowest BCUT2D eigenvalue weighted by Crippen LogP contribution is -1.92. The van der Waals surface area contributed by atoms with Gasteiger partial charge in [-0.05, 0) is 18.2 Å². The van der Waals surface area contributed by atoms with Crippen molar-refractivity contribution in [3.63, 3.8) is 0 Å². The third kappa shape index (κ3) is 3.09. The van der Waals surface area contributed by atoms with Crippen LogP contribution in [0.25, 0.3) is 0 Å². The van der Waals surface area contributed by atoms with Gasteiger partial charge in [-0.1, -0.05) is 29.3 Å². The fraction of sp³-hybridized carbons (Fsp3) is 0.100. The van der Waals surface area contributed by atoms with Crippen LogP contribution in [0.3, 0.4) is 0 Å². The van der Waals surface area contributed by atoms with Crippen LogP contribution >= 0.6 is 34.5 Å². The van der Waals surface area contributed by atoms with Crippen LogP contribution in [0, 0.1) is 0 Å². The molecule has 0 unspecified atom stereocenters. The Morgan fingerprint density at radius 2 is 2.20 bits per heavy atom. The smallest absolute Gasteiger partial charge is 0.183 e. The van der Waals surface area contributed by atoms with Crippen molar-refractivity contribution in [3.05, 3.63) is 44.8 Å². The van der Waals surface area contributed by atoms with Crippen LogP contribution in [-0.2, 0) is 6.61 Å². The zero-order valence-electron chi connectivity index (χ0n) is 7.61. The van der Waals surface area contributed by atoms with Crippen LogP contribution in [-0.4, -0.2) is 4.98 Å². The van der Waals surface area contributed by atoms with E-state index in [-0.39, 0.29) is 0 Å². The van der Waals surface area contributed by atoms with Crippen LogP contribution in [0.2, 0.25) is 9.49 Å². The topological polar surface area (TPSA) is 22.1 Å². The quantitative estimate of drug-likeness (QED) is 0.831. The Balaban J connectivity index is 1.99. The summed E-state index contributed by atoms with van der Waals surface area (Å²) in [5, 5.41) is 0.662. The van der Waals surface area contributed by atoms with E-state index in [9.17, 15) is 0 Å². The van der Waals surface area contributed by atoms with Gasteiger partial charge < -0.3 is 4.74 Å². The molecule has 0 fully saturated rings. The van der Waals surface area contributed by atoms with Gasteiger partial charge in [-0.25, -0.2) is 4.98 Å². The Hall–Kier alpha value is -0.770. The lowest BCUT2D eigenvalue weighted by atomic mass is 10.3. The van der Waals surface area contributed by atoms with Gasteiger partial charge in [-0.2, -0.15) is 0 Å². The Bertz CT molecular complexity index is 458. The highest BCUT2D eigenvalue weighted by molar-refractivity contribution is 7.15. The van der Waals surface area contributed by atoms with Crippen molar-refractivity contribution in [1.29, 1.82) is 0 Å². The van der Waals surface area contributed by atoms with Gasteiger partial charge in [0.1, 0.15) is 12.4 Å². The van der Waals surface area contributed by atoms with Crippen molar-refractivity contribution in [1.82, 2.24) is 4.98 Å². The first-order valence-electron chi connectivity index (χ1n) is 4.22. The predicted octanol–water partition coefficient (Wildman–Crippen LogP) is 4.03. The molecule has 0 aliphatic carbocycles. The largest absolute Gasteiger partial charge is 0.488 e. The summed E-state index contributed by atoms with van der Waals surface area (Å²) in [6, 6.07) is 7.27. The number of halogens is 2. The summed E-state index contributed by atoms with van der Waals surface area (Å²) in [5.41, 5.74) is 0. The molecule has 0 bridgehead atoms. The maximum atomic E-state index is 5.82. The second-order valence-electron chi connectivity index (χ2n) is 2.83. The fourth-order valence-electron chi connectivity index (χ4n) is 1.06. The summed E-state index contributed by atoms with van der Waals surface area (Å²) in [6.45, 7) is 0.463. The molecule has 78 valence electrons. The normalized spacial score (nSPS) is 10.3. The van der Waals surface area contributed by atoms with Crippen molar-refractivity contribution in [2.24, 2.45) is 0 Å². The van der Waals surface area contributed by atoms with E-state index < -0.39 is 0 Å². The number of hydrogen-bond donors (Lipinski definition) is 0. The molecule has 0 amide bonds. The number of aromatic nitrogens is 1. The van der Waals surface area contributed by atoms with Gasteiger partial charge in [0.25, 0.3) is 0 Å². The summed E-state index contributed by atoms with van der Waals surface area (Å²) >= 11 is 12.9. The Labute approximate surface area is 101 Å². The fourth-order valence-corrected chi connectivity index (χ4v) is 2.13. The van der Waals surface area contributed by atoms with Gasteiger partial charge in [0.2, 0.25) is 0 Å². The molecule has 1 aromatic heterocycles. The minimum Gasteiger partial charge on any atom is -0.488 e. The van der Waals surface area contributed by atoms with E-state index in [1.165, 1.54) is 11.3 Å². The summed E-state index contributed by atoms with van der Waals surface area (Å²) in [5.74, 6) is 0.743. The first kappa shape index (κ1) is 10.7. The predicted molar refractivity (Wildman–Crippen MR) is 62.9 cm³/mol. The zero-order chi connectivity index (χ0) is 10.7. The lowest BCUT2D eigenvalue weighted by Gasteiger charge is -2.03. The molecule has 0 spiro atoms. The molecule has 2 rings (SSSR count). The molecular weight excluding hydrogens is 253 g/mol. The number of hydrogen-bond acceptors (Lipinski definition) is 3. The van der Waals surface area contributed by atoms with Crippen molar-refractivity contribution >= 4 is 34.5 Å². The van der Waals surface area contributed by atoms with Crippen molar-refractivity contribution in [3.8, 4) is 5.75 Å². The minimum absolute atomic E-state index is 0.463. The monoisotopic (exact) mass is 259 g/mol. The highest BCUT2D eigenvalue weighted by Gasteiger charge is 2.00. The molecule has 1 heterocycles. The standard InChI is InChI=1S/C10H7Cl2NOS/c11-7-2-1-3-8(4-7)14-6-9-5-13-10(12)15-9/h1-5H,6H2. The number of nitrogens with zero attached hydrogens (tertiary/aromatic N) is 1. The van der Waals surface area contributed by atoms with Gasteiger partial charge in [-0.15, -0.1) is 11.3 Å². The molecule has 0 atom stereocenters. The number of ether oxygens (including phenoxy) is 1.